The lowest BCUT2D eigenvalue weighted by Crippen LogP contribution is -2.21. The van der Waals surface area contributed by atoms with Crippen LogP contribution in [0.25, 0.3) is 0 Å². The number of thiophene rings is 1. The monoisotopic (exact) mass is 299 g/mol. The molecule has 0 aliphatic rings. The van der Waals surface area contributed by atoms with Crippen molar-refractivity contribution in [2.75, 3.05) is 0 Å². The van der Waals surface area contributed by atoms with E-state index in [1.807, 2.05) is 0 Å². The van der Waals surface area contributed by atoms with Gasteiger partial charge in [-0.25, -0.2) is 4.79 Å². The van der Waals surface area contributed by atoms with Crippen LogP contribution in [0.5, 0.6) is 0 Å². The zero-order valence-electron chi connectivity index (χ0n) is 9.90. The first kappa shape index (κ1) is 13.6. The fourth-order valence-electron chi connectivity index (χ4n) is 1.55. The topological polar surface area (TPSA) is 79.5 Å². The molecule has 5 nitrogen and oxygen atoms in total. The molecule has 0 aliphatic heterocycles. The number of aryl methyl sites for hydroxylation is 1. The highest BCUT2D eigenvalue weighted by Gasteiger charge is 2.15. The second-order valence-corrected chi connectivity index (χ2v) is 5.09. The van der Waals surface area contributed by atoms with E-state index < -0.39 is 5.97 Å². The van der Waals surface area contributed by atoms with Crippen LogP contribution >= 0.6 is 22.9 Å². The van der Waals surface area contributed by atoms with Gasteiger partial charge in [0, 0.05) is 0 Å². The summed E-state index contributed by atoms with van der Waals surface area (Å²) in [5, 5.41) is 13.6. The molecule has 0 saturated heterocycles. The maximum atomic E-state index is 11.8. The van der Waals surface area contributed by atoms with Crippen molar-refractivity contribution >= 4 is 34.8 Å². The molecule has 0 aromatic carbocycles. The first-order valence-electron chi connectivity index (χ1n) is 5.33. The van der Waals surface area contributed by atoms with Crippen LogP contribution < -0.4 is 5.32 Å². The second kappa shape index (κ2) is 5.46. The fourth-order valence-corrected chi connectivity index (χ4v) is 2.60. The van der Waals surface area contributed by atoms with Crippen LogP contribution in [0.1, 0.15) is 31.6 Å². The van der Waals surface area contributed by atoms with E-state index >= 15 is 0 Å². The van der Waals surface area contributed by atoms with E-state index in [1.165, 1.54) is 17.4 Å². The van der Waals surface area contributed by atoms with Gasteiger partial charge in [-0.15, -0.1) is 11.3 Å². The van der Waals surface area contributed by atoms with Crippen molar-refractivity contribution in [3.63, 3.8) is 0 Å². The molecule has 7 heteroatoms. The van der Waals surface area contributed by atoms with Crippen LogP contribution in [0.4, 0.5) is 0 Å². The van der Waals surface area contributed by atoms with E-state index in [4.69, 9.17) is 21.1 Å². The number of amides is 1. The molecule has 2 N–H and O–H groups in total. The average molecular weight is 300 g/mol. The van der Waals surface area contributed by atoms with Gasteiger partial charge in [0.05, 0.1) is 11.6 Å². The molecule has 0 radical (unpaired) electrons. The molecule has 2 aromatic heterocycles. The number of hydrogen-bond acceptors (Lipinski definition) is 4. The number of hydrogen-bond donors (Lipinski definition) is 2. The predicted octanol–water partition coefficient (Wildman–Crippen LogP) is 2.93. The Morgan fingerprint density at radius 2 is 2.26 bits per heavy atom. The summed E-state index contributed by atoms with van der Waals surface area (Å²) in [6, 6.07) is 3.04. The third kappa shape index (κ3) is 2.97. The maximum absolute atomic E-state index is 11.8. The zero-order chi connectivity index (χ0) is 14.0. The predicted molar refractivity (Wildman–Crippen MR) is 70.9 cm³/mol. The van der Waals surface area contributed by atoms with Crippen molar-refractivity contribution in [2.45, 2.75) is 13.5 Å². The highest BCUT2D eigenvalue weighted by molar-refractivity contribution is 7.12. The third-order valence-electron chi connectivity index (χ3n) is 2.45. The van der Waals surface area contributed by atoms with E-state index in [-0.39, 0.29) is 18.0 Å². The van der Waals surface area contributed by atoms with E-state index in [2.05, 4.69) is 5.32 Å². The number of carboxylic acids is 1. The molecule has 2 heterocycles. The van der Waals surface area contributed by atoms with Crippen LogP contribution in [0, 0.1) is 6.92 Å². The Hall–Kier alpha value is -1.79. The van der Waals surface area contributed by atoms with Crippen molar-refractivity contribution < 1.29 is 19.1 Å². The van der Waals surface area contributed by atoms with E-state index in [9.17, 15) is 9.59 Å². The summed E-state index contributed by atoms with van der Waals surface area (Å²) in [5.74, 6) is -0.673. The van der Waals surface area contributed by atoms with Gasteiger partial charge in [0.25, 0.3) is 5.91 Å². The minimum atomic E-state index is -1.06. The normalized spacial score (nSPS) is 10.4. The van der Waals surface area contributed by atoms with E-state index in [0.29, 0.717) is 21.4 Å². The molecule has 0 atom stereocenters. The van der Waals surface area contributed by atoms with Gasteiger partial charge < -0.3 is 14.8 Å². The largest absolute Gasteiger partial charge is 0.478 e. The zero-order valence-corrected chi connectivity index (χ0v) is 11.5. The van der Waals surface area contributed by atoms with Crippen molar-refractivity contribution in [1.82, 2.24) is 5.32 Å². The number of carboxylic acid groups (broad SMARTS) is 1. The third-order valence-corrected chi connectivity index (χ3v) is 3.79. The summed E-state index contributed by atoms with van der Waals surface area (Å²) in [6.07, 6.45) is 0. The molecular formula is C12H10ClNO4S. The molecule has 2 aromatic rings. The maximum Gasteiger partial charge on any atom is 0.339 e. The number of rotatable bonds is 4. The summed E-state index contributed by atoms with van der Waals surface area (Å²) in [7, 11) is 0. The van der Waals surface area contributed by atoms with Gasteiger partial charge in [0.1, 0.15) is 22.0 Å². The van der Waals surface area contributed by atoms with Gasteiger partial charge in [0.2, 0.25) is 0 Å². The summed E-state index contributed by atoms with van der Waals surface area (Å²) in [5.41, 5.74) is 0.0957. The molecule has 100 valence electrons. The summed E-state index contributed by atoms with van der Waals surface area (Å²) >= 11 is 7.07. The van der Waals surface area contributed by atoms with E-state index in [1.54, 1.807) is 18.4 Å². The van der Waals surface area contributed by atoms with Crippen LogP contribution in [-0.4, -0.2) is 17.0 Å². The second-order valence-electron chi connectivity index (χ2n) is 3.77. The Kier molecular flexibility index (Phi) is 3.92. The number of nitrogens with one attached hydrogen (secondary N) is 1. The van der Waals surface area contributed by atoms with Crippen LogP contribution in [0.2, 0.25) is 5.02 Å². The van der Waals surface area contributed by atoms with Crippen LogP contribution in [-0.2, 0) is 6.54 Å². The fraction of sp³-hybridized carbons (Fsp3) is 0.167. The molecular weight excluding hydrogens is 290 g/mol. The summed E-state index contributed by atoms with van der Waals surface area (Å²) in [4.78, 5) is 23.0. The van der Waals surface area contributed by atoms with Crippen LogP contribution in [0.3, 0.4) is 0 Å². The van der Waals surface area contributed by atoms with Crippen molar-refractivity contribution in [1.29, 1.82) is 0 Å². The molecule has 2 rings (SSSR count). The van der Waals surface area contributed by atoms with Crippen molar-refractivity contribution in [2.24, 2.45) is 0 Å². The molecule has 0 unspecified atom stereocenters. The smallest absolute Gasteiger partial charge is 0.339 e. The number of carbonyl (C=O) groups is 2. The molecule has 1 amide bonds. The SMILES string of the molecule is Cc1oc(CNC(=O)c2sccc2Cl)cc1C(=O)O. The van der Waals surface area contributed by atoms with E-state index in [0.717, 1.165) is 0 Å². The molecule has 0 saturated carbocycles. The van der Waals surface area contributed by atoms with Gasteiger partial charge in [-0.2, -0.15) is 0 Å². The Balaban J connectivity index is 2.03. The lowest BCUT2D eigenvalue weighted by atomic mass is 10.2. The highest BCUT2D eigenvalue weighted by atomic mass is 35.5. The molecule has 0 fully saturated rings. The quantitative estimate of drug-likeness (QED) is 0.909. The highest BCUT2D eigenvalue weighted by Crippen LogP contribution is 2.22. The lowest BCUT2D eigenvalue weighted by molar-refractivity contribution is 0.0694. The minimum Gasteiger partial charge on any atom is -0.478 e. The van der Waals surface area contributed by atoms with Crippen molar-refractivity contribution in [3.8, 4) is 0 Å². The number of aromatic carboxylic acids is 1. The van der Waals surface area contributed by atoms with Crippen molar-refractivity contribution in [3.05, 3.63) is 44.5 Å². The Labute approximate surface area is 117 Å². The van der Waals surface area contributed by atoms with Gasteiger partial charge in [-0.1, -0.05) is 11.6 Å². The Morgan fingerprint density at radius 1 is 1.53 bits per heavy atom. The molecule has 0 spiro atoms. The Bertz CT molecular complexity index is 631. The van der Waals surface area contributed by atoms with Gasteiger partial charge in [-0.05, 0) is 24.4 Å². The summed E-state index contributed by atoms with van der Waals surface area (Å²) < 4.78 is 5.25. The average Bonchev–Trinajstić information content (AvgIpc) is 2.92. The summed E-state index contributed by atoms with van der Waals surface area (Å²) in [6.45, 7) is 1.67. The minimum absolute atomic E-state index is 0.0957. The van der Waals surface area contributed by atoms with Gasteiger partial charge in [0.15, 0.2) is 0 Å². The van der Waals surface area contributed by atoms with Crippen LogP contribution in [0.15, 0.2) is 21.9 Å². The number of furan rings is 1. The molecule has 0 bridgehead atoms. The number of halogens is 1. The molecule has 0 aliphatic carbocycles. The first-order chi connectivity index (χ1) is 8.99. The molecule has 19 heavy (non-hydrogen) atoms. The van der Waals surface area contributed by atoms with Gasteiger partial charge >= 0.3 is 5.97 Å². The lowest BCUT2D eigenvalue weighted by Gasteiger charge is -2.01. The first-order valence-corrected chi connectivity index (χ1v) is 6.58. The number of carbonyl (C=O) groups excluding carboxylic acids is 1. The van der Waals surface area contributed by atoms with Gasteiger partial charge in [-0.3, -0.25) is 4.79 Å². The standard InChI is InChI=1S/C12H10ClNO4S/c1-6-8(12(16)17)4-7(18-6)5-14-11(15)10-9(13)2-3-19-10/h2-4H,5H2,1H3,(H,14,15)(H,16,17). The Morgan fingerprint density at radius 3 is 2.79 bits per heavy atom.